The first-order valence-electron chi connectivity index (χ1n) is 10.2. The number of fused-ring (bicyclic) bond motifs is 1. The van der Waals surface area contributed by atoms with Crippen molar-refractivity contribution in [1.29, 1.82) is 0 Å². The van der Waals surface area contributed by atoms with E-state index in [2.05, 4.69) is 20.2 Å². The lowest BCUT2D eigenvalue weighted by Crippen LogP contribution is -2.15. The molecular formula is C23H15ClF3N5O3S. The molecule has 2 aromatic heterocycles. The predicted octanol–water partition coefficient (Wildman–Crippen LogP) is 5.50. The summed E-state index contributed by atoms with van der Waals surface area (Å²) in [5, 5.41) is 6.76. The minimum atomic E-state index is -4.42. The Balaban J connectivity index is 1.59. The molecule has 0 aliphatic carbocycles. The van der Waals surface area contributed by atoms with Crippen LogP contribution in [0.3, 0.4) is 0 Å². The normalized spacial score (nSPS) is 11.7. The molecule has 2 heterocycles. The number of halogens is 4. The van der Waals surface area contributed by atoms with Crippen LogP contribution >= 0.6 is 11.6 Å². The zero-order valence-corrected chi connectivity index (χ0v) is 19.8. The molecule has 0 amide bonds. The lowest BCUT2D eigenvalue weighted by Gasteiger charge is -2.14. The second-order valence-corrected chi connectivity index (χ2v) is 9.60. The summed E-state index contributed by atoms with van der Waals surface area (Å²) in [7, 11) is -3.09. The van der Waals surface area contributed by atoms with E-state index in [0.29, 0.717) is 16.9 Å². The number of sulfonamides is 1. The van der Waals surface area contributed by atoms with Gasteiger partial charge in [-0.2, -0.15) is 5.10 Å². The van der Waals surface area contributed by atoms with Crippen molar-refractivity contribution in [1.82, 2.24) is 20.2 Å². The number of nitrogens with zero attached hydrogens (tertiary/aromatic N) is 2. The topological polar surface area (TPSA) is 113 Å². The highest BCUT2D eigenvalue weighted by atomic mass is 35.5. The number of hydrogen-bond donors (Lipinski definition) is 3. The molecule has 0 saturated carbocycles. The third kappa shape index (κ3) is 3.93. The maximum Gasteiger partial charge on any atom is 0.263 e. The SMILES string of the molecule is COc1ccc(Cl)c(S(=O)(=O)Nc2ccc(F)c(-c3ccc4c(-c5ncc[nH]5)[nH]nc4c3F)c2F)c1. The average Bonchev–Trinajstić information content (AvgIpc) is 3.53. The highest BCUT2D eigenvalue weighted by Crippen LogP contribution is 2.37. The summed E-state index contributed by atoms with van der Waals surface area (Å²) >= 11 is 6.02. The standard InChI is InChI=1S/C23H15ClF3N5O3S/c1-35-11-2-5-14(24)17(10-11)36(33,34)32-16-7-6-15(25)18(20(16)27)12-3-4-13-21(19(12)26)30-31-22(13)23-28-8-9-29-23/h2-10,32H,1H3,(H,28,29)(H,30,31). The van der Waals surface area contributed by atoms with Crippen molar-refractivity contribution < 1.29 is 26.3 Å². The quantitative estimate of drug-likeness (QED) is 0.267. The molecule has 0 unspecified atom stereocenters. The molecule has 3 N–H and O–H groups in total. The summed E-state index contributed by atoms with van der Waals surface area (Å²) in [5.41, 5.74) is -1.61. The Morgan fingerprint density at radius 2 is 1.86 bits per heavy atom. The second-order valence-electron chi connectivity index (χ2n) is 7.55. The van der Waals surface area contributed by atoms with Gasteiger partial charge >= 0.3 is 0 Å². The fraction of sp³-hybridized carbons (Fsp3) is 0.0435. The molecule has 36 heavy (non-hydrogen) atoms. The lowest BCUT2D eigenvalue weighted by atomic mass is 10.0. The Labute approximate surface area is 207 Å². The molecule has 13 heteroatoms. The van der Waals surface area contributed by atoms with Crippen molar-refractivity contribution in [2.75, 3.05) is 11.8 Å². The summed E-state index contributed by atoms with van der Waals surface area (Å²) in [6.07, 6.45) is 3.07. The van der Waals surface area contributed by atoms with Crippen LogP contribution in [0.15, 0.2) is 59.8 Å². The summed E-state index contributed by atoms with van der Waals surface area (Å²) in [5.74, 6) is -2.83. The van der Waals surface area contributed by atoms with Crippen LogP contribution in [0.2, 0.25) is 5.02 Å². The summed E-state index contributed by atoms with van der Waals surface area (Å²) in [4.78, 5) is 6.56. The molecule has 0 bridgehead atoms. The molecule has 5 aromatic rings. The van der Waals surface area contributed by atoms with Crippen LogP contribution in [-0.2, 0) is 10.0 Å². The van der Waals surface area contributed by atoms with Crippen LogP contribution in [0.25, 0.3) is 33.5 Å². The van der Waals surface area contributed by atoms with E-state index in [1.165, 1.54) is 37.6 Å². The molecular weight excluding hydrogens is 519 g/mol. The van der Waals surface area contributed by atoms with Gasteiger partial charge in [-0.25, -0.2) is 26.6 Å². The van der Waals surface area contributed by atoms with Gasteiger partial charge in [-0.05, 0) is 30.3 Å². The summed E-state index contributed by atoms with van der Waals surface area (Å²) in [6.45, 7) is 0. The summed E-state index contributed by atoms with van der Waals surface area (Å²) < 4.78 is 78.6. The predicted molar refractivity (Wildman–Crippen MR) is 128 cm³/mol. The van der Waals surface area contributed by atoms with Crippen molar-refractivity contribution in [2.45, 2.75) is 4.90 Å². The summed E-state index contributed by atoms with van der Waals surface area (Å²) in [6, 6.07) is 8.22. The Hall–Kier alpha value is -4.03. The molecule has 0 aliphatic heterocycles. The first-order chi connectivity index (χ1) is 17.2. The molecule has 3 aromatic carbocycles. The number of methoxy groups -OCH3 is 1. The van der Waals surface area contributed by atoms with E-state index in [0.717, 1.165) is 18.2 Å². The first-order valence-corrected chi connectivity index (χ1v) is 12.1. The van der Waals surface area contributed by atoms with E-state index >= 15 is 8.78 Å². The number of anilines is 1. The number of H-pyrrole nitrogens is 2. The Kier molecular flexibility index (Phi) is 5.85. The molecule has 5 rings (SSSR count). The van der Waals surface area contributed by atoms with Crippen LogP contribution in [0.5, 0.6) is 5.75 Å². The van der Waals surface area contributed by atoms with Gasteiger partial charge in [-0.3, -0.25) is 9.82 Å². The van der Waals surface area contributed by atoms with Gasteiger partial charge in [0.2, 0.25) is 0 Å². The fourth-order valence-electron chi connectivity index (χ4n) is 3.72. The van der Waals surface area contributed by atoms with E-state index in [-0.39, 0.29) is 21.2 Å². The van der Waals surface area contributed by atoms with Gasteiger partial charge in [0, 0.05) is 29.4 Å². The third-order valence-electron chi connectivity index (χ3n) is 5.43. The first kappa shape index (κ1) is 23.7. The number of ether oxygens (including phenoxy) is 1. The van der Waals surface area contributed by atoms with Crippen LogP contribution in [-0.4, -0.2) is 35.7 Å². The van der Waals surface area contributed by atoms with E-state index < -0.39 is 44.3 Å². The van der Waals surface area contributed by atoms with E-state index in [1.807, 2.05) is 4.72 Å². The van der Waals surface area contributed by atoms with Crippen LogP contribution in [0.4, 0.5) is 18.9 Å². The maximum atomic E-state index is 15.5. The smallest absolute Gasteiger partial charge is 0.263 e. The fourth-order valence-corrected chi connectivity index (χ4v) is 5.29. The molecule has 184 valence electrons. The molecule has 0 spiro atoms. The average molecular weight is 534 g/mol. The molecule has 8 nitrogen and oxygen atoms in total. The number of rotatable bonds is 6. The maximum absolute atomic E-state index is 15.5. The van der Waals surface area contributed by atoms with Gasteiger partial charge in [0.15, 0.2) is 17.5 Å². The molecule has 0 fully saturated rings. The Morgan fingerprint density at radius 3 is 2.58 bits per heavy atom. The van der Waals surface area contributed by atoms with Gasteiger partial charge in [-0.15, -0.1) is 0 Å². The number of nitrogens with one attached hydrogen (secondary N) is 3. The molecule has 0 atom stereocenters. The van der Waals surface area contributed by atoms with E-state index in [1.54, 1.807) is 6.20 Å². The Morgan fingerprint density at radius 1 is 1.06 bits per heavy atom. The van der Waals surface area contributed by atoms with Crippen molar-refractivity contribution >= 4 is 38.2 Å². The molecule has 0 radical (unpaired) electrons. The van der Waals surface area contributed by atoms with Crippen molar-refractivity contribution in [2.24, 2.45) is 0 Å². The van der Waals surface area contributed by atoms with E-state index in [9.17, 15) is 12.8 Å². The largest absolute Gasteiger partial charge is 0.497 e. The second kappa shape index (κ2) is 8.88. The minimum absolute atomic E-state index is 0.145. The lowest BCUT2D eigenvalue weighted by molar-refractivity contribution is 0.413. The van der Waals surface area contributed by atoms with Gasteiger partial charge < -0.3 is 9.72 Å². The van der Waals surface area contributed by atoms with Gasteiger partial charge in [0.05, 0.1) is 23.4 Å². The highest BCUT2D eigenvalue weighted by molar-refractivity contribution is 7.92. The van der Waals surface area contributed by atoms with Crippen molar-refractivity contribution in [3.8, 4) is 28.4 Å². The number of benzene rings is 3. The highest BCUT2D eigenvalue weighted by Gasteiger charge is 2.26. The number of hydrogen-bond acceptors (Lipinski definition) is 5. The van der Waals surface area contributed by atoms with Crippen molar-refractivity contribution in [3.63, 3.8) is 0 Å². The van der Waals surface area contributed by atoms with Crippen LogP contribution < -0.4 is 9.46 Å². The van der Waals surface area contributed by atoms with Crippen LogP contribution in [0.1, 0.15) is 0 Å². The zero-order valence-electron chi connectivity index (χ0n) is 18.2. The third-order valence-corrected chi connectivity index (χ3v) is 7.28. The van der Waals surface area contributed by atoms with Gasteiger partial charge in [0.25, 0.3) is 10.0 Å². The van der Waals surface area contributed by atoms with Gasteiger partial charge in [0.1, 0.15) is 27.7 Å². The number of aromatic nitrogens is 4. The molecule has 0 saturated heterocycles. The number of imidazole rings is 1. The monoisotopic (exact) mass is 533 g/mol. The minimum Gasteiger partial charge on any atom is -0.497 e. The van der Waals surface area contributed by atoms with Crippen molar-refractivity contribution in [3.05, 3.63) is 77.3 Å². The zero-order chi connectivity index (χ0) is 25.6. The van der Waals surface area contributed by atoms with Gasteiger partial charge in [-0.1, -0.05) is 17.7 Å². The molecule has 0 aliphatic rings. The van der Waals surface area contributed by atoms with Crippen LogP contribution in [0, 0.1) is 17.5 Å². The Bertz CT molecular complexity index is 1720. The number of aromatic amines is 2. The van der Waals surface area contributed by atoms with E-state index in [4.69, 9.17) is 16.3 Å².